The van der Waals surface area contributed by atoms with Gasteiger partial charge in [-0.1, -0.05) is 12.1 Å². The molecule has 0 saturated heterocycles. The van der Waals surface area contributed by atoms with Crippen LogP contribution in [0.3, 0.4) is 0 Å². The molecule has 0 fully saturated rings. The maximum absolute atomic E-state index is 11.4. The number of benzene rings is 1. The van der Waals surface area contributed by atoms with Crippen molar-refractivity contribution in [2.75, 3.05) is 17.8 Å². The quantitative estimate of drug-likeness (QED) is 0.706. The maximum atomic E-state index is 11.4. The largest absolute Gasteiger partial charge is 0.366 e. The summed E-state index contributed by atoms with van der Waals surface area (Å²) >= 11 is 0. The average Bonchev–Trinajstić information content (AvgIpc) is 2.59. The van der Waals surface area contributed by atoms with E-state index >= 15 is 0 Å². The van der Waals surface area contributed by atoms with Gasteiger partial charge in [0.2, 0.25) is 5.95 Å². The lowest BCUT2D eigenvalue weighted by Crippen LogP contribution is -2.13. The van der Waals surface area contributed by atoms with Gasteiger partial charge in [-0.3, -0.25) is 0 Å². The summed E-state index contributed by atoms with van der Waals surface area (Å²) in [7, 11) is -3.27. The molecule has 0 radical (unpaired) electrons. The first-order chi connectivity index (χ1) is 7.89. The summed E-state index contributed by atoms with van der Waals surface area (Å²) in [4.78, 5) is 0.191. The number of nitrogens with zero attached hydrogens (tertiary/aromatic N) is 3. The first-order valence-corrected chi connectivity index (χ1v) is 6.55. The van der Waals surface area contributed by atoms with Gasteiger partial charge in [0.25, 0.3) is 0 Å². The van der Waals surface area contributed by atoms with Gasteiger partial charge in [-0.15, -0.1) is 10.2 Å². The van der Waals surface area contributed by atoms with E-state index in [2.05, 4.69) is 10.2 Å². The summed E-state index contributed by atoms with van der Waals surface area (Å²) in [6.45, 7) is 0. The predicted octanol–water partition coefficient (Wildman–Crippen LogP) is -0.355. The summed E-state index contributed by atoms with van der Waals surface area (Å²) < 4.78 is 23.9. The lowest BCUT2D eigenvalue weighted by molar-refractivity contribution is 0.602. The molecular weight excluding hydrogens is 242 g/mol. The topological polar surface area (TPSA) is 117 Å². The van der Waals surface area contributed by atoms with E-state index in [9.17, 15) is 8.42 Å². The van der Waals surface area contributed by atoms with Crippen LogP contribution in [0.5, 0.6) is 0 Å². The zero-order valence-corrected chi connectivity index (χ0v) is 9.85. The SMILES string of the molecule is CS(=O)(=O)c1cccc(-c2nnc(N)n2N)c1. The van der Waals surface area contributed by atoms with E-state index in [4.69, 9.17) is 11.6 Å². The van der Waals surface area contributed by atoms with Gasteiger partial charge >= 0.3 is 0 Å². The van der Waals surface area contributed by atoms with Crippen LogP contribution >= 0.6 is 0 Å². The number of aromatic nitrogens is 3. The van der Waals surface area contributed by atoms with E-state index in [0.29, 0.717) is 11.4 Å². The number of nitrogens with two attached hydrogens (primary N) is 2. The maximum Gasteiger partial charge on any atom is 0.241 e. The van der Waals surface area contributed by atoms with Crippen molar-refractivity contribution in [1.29, 1.82) is 0 Å². The Morgan fingerprint density at radius 2 is 2.00 bits per heavy atom. The summed E-state index contributed by atoms with van der Waals surface area (Å²) in [5.74, 6) is 5.98. The predicted molar refractivity (Wildman–Crippen MR) is 63.1 cm³/mol. The van der Waals surface area contributed by atoms with E-state index in [1.807, 2.05) is 0 Å². The summed E-state index contributed by atoms with van der Waals surface area (Å²) in [5, 5.41) is 7.38. The van der Waals surface area contributed by atoms with E-state index in [-0.39, 0.29) is 10.8 Å². The summed E-state index contributed by atoms with van der Waals surface area (Å²) in [5.41, 5.74) is 5.99. The second-order valence-electron chi connectivity index (χ2n) is 3.55. The number of sulfone groups is 1. The van der Waals surface area contributed by atoms with Crippen molar-refractivity contribution in [3.8, 4) is 11.4 Å². The minimum atomic E-state index is -3.27. The van der Waals surface area contributed by atoms with Gasteiger partial charge < -0.3 is 11.6 Å². The Bertz CT molecular complexity index is 662. The molecule has 2 aromatic rings. The molecule has 1 aromatic heterocycles. The lowest BCUT2D eigenvalue weighted by atomic mass is 10.2. The molecule has 0 bridgehead atoms. The molecule has 8 heteroatoms. The Labute approximate surface area is 98.0 Å². The molecule has 0 unspecified atom stereocenters. The average molecular weight is 253 g/mol. The Morgan fingerprint density at radius 1 is 1.29 bits per heavy atom. The van der Waals surface area contributed by atoms with Crippen LogP contribution in [0.1, 0.15) is 0 Å². The lowest BCUT2D eigenvalue weighted by Gasteiger charge is -2.03. The molecule has 0 aliphatic rings. The molecule has 2 rings (SSSR count). The van der Waals surface area contributed by atoms with Gasteiger partial charge in [0.15, 0.2) is 15.7 Å². The van der Waals surface area contributed by atoms with Crippen LogP contribution in [0, 0.1) is 0 Å². The number of anilines is 1. The van der Waals surface area contributed by atoms with Crippen LogP contribution in [0.15, 0.2) is 29.2 Å². The first kappa shape index (κ1) is 11.4. The fourth-order valence-corrected chi connectivity index (χ4v) is 2.03. The Morgan fingerprint density at radius 3 is 2.53 bits per heavy atom. The van der Waals surface area contributed by atoms with Crippen LogP contribution < -0.4 is 11.6 Å². The molecular formula is C9H11N5O2S. The van der Waals surface area contributed by atoms with Gasteiger partial charge in [-0.25, -0.2) is 13.1 Å². The first-order valence-electron chi connectivity index (χ1n) is 4.66. The molecule has 90 valence electrons. The third kappa shape index (κ3) is 2.07. The molecule has 0 aliphatic heterocycles. The highest BCUT2D eigenvalue weighted by Crippen LogP contribution is 2.20. The van der Waals surface area contributed by atoms with Crippen LogP contribution in [0.4, 0.5) is 5.95 Å². The smallest absolute Gasteiger partial charge is 0.241 e. The van der Waals surface area contributed by atoms with Gasteiger partial charge in [0, 0.05) is 11.8 Å². The van der Waals surface area contributed by atoms with Crippen molar-refractivity contribution in [2.24, 2.45) is 0 Å². The van der Waals surface area contributed by atoms with E-state index in [1.54, 1.807) is 12.1 Å². The molecule has 0 atom stereocenters. The fraction of sp³-hybridized carbons (Fsp3) is 0.111. The van der Waals surface area contributed by atoms with E-state index < -0.39 is 9.84 Å². The molecule has 0 saturated carbocycles. The molecule has 1 aromatic carbocycles. The van der Waals surface area contributed by atoms with Crippen molar-refractivity contribution in [3.63, 3.8) is 0 Å². The minimum Gasteiger partial charge on any atom is -0.366 e. The normalized spacial score (nSPS) is 11.6. The Kier molecular flexibility index (Phi) is 2.50. The third-order valence-electron chi connectivity index (χ3n) is 2.24. The summed E-state index contributed by atoms with van der Waals surface area (Å²) in [6.07, 6.45) is 1.13. The van der Waals surface area contributed by atoms with Gasteiger partial charge in [-0.05, 0) is 12.1 Å². The monoisotopic (exact) mass is 253 g/mol. The van der Waals surface area contributed by atoms with Crippen molar-refractivity contribution in [3.05, 3.63) is 24.3 Å². The fourth-order valence-electron chi connectivity index (χ4n) is 1.37. The third-order valence-corrected chi connectivity index (χ3v) is 3.35. The second-order valence-corrected chi connectivity index (χ2v) is 5.57. The standard InChI is InChI=1S/C9H11N5O2S/c1-17(15,16)7-4-2-3-6(5-7)8-12-13-9(10)14(8)11/h2-5H,11H2,1H3,(H2,10,13). The van der Waals surface area contributed by atoms with Gasteiger partial charge in [-0.2, -0.15) is 0 Å². The highest BCUT2D eigenvalue weighted by Gasteiger charge is 2.12. The van der Waals surface area contributed by atoms with Crippen molar-refractivity contribution >= 4 is 15.8 Å². The van der Waals surface area contributed by atoms with E-state index in [0.717, 1.165) is 10.9 Å². The highest BCUT2D eigenvalue weighted by molar-refractivity contribution is 7.90. The zero-order valence-electron chi connectivity index (χ0n) is 9.03. The molecule has 17 heavy (non-hydrogen) atoms. The van der Waals surface area contributed by atoms with Crippen molar-refractivity contribution in [2.45, 2.75) is 4.90 Å². The second kappa shape index (κ2) is 3.74. The van der Waals surface area contributed by atoms with Crippen molar-refractivity contribution < 1.29 is 8.42 Å². The molecule has 4 N–H and O–H groups in total. The number of rotatable bonds is 2. The summed E-state index contributed by atoms with van der Waals surface area (Å²) in [6, 6.07) is 6.26. The molecule has 0 aliphatic carbocycles. The van der Waals surface area contributed by atoms with Crippen LogP contribution in [0.25, 0.3) is 11.4 Å². The van der Waals surface area contributed by atoms with Crippen molar-refractivity contribution in [1.82, 2.24) is 14.9 Å². The number of nitrogen functional groups attached to an aromatic ring is 2. The Balaban J connectivity index is 2.58. The van der Waals surface area contributed by atoms with Gasteiger partial charge in [0.05, 0.1) is 4.90 Å². The highest BCUT2D eigenvalue weighted by atomic mass is 32.2. The minimum absolute atomic E-state index is 0.0600. The van der Waals surface area contributed by atoms with E-state index in [1.165, 1.54) is 12.1 Å². The zero-order chi connectivity index (χ0) is 12.6. The number of hydrogen-bond acceptors (Lipinski definition) is 6. The molecule has 1 heterocycles. The number of hydrogen-bond donors (Lipinski definition) is 2. The molecule has 7 nitrogen and oxygen atoms in total. The van der Waals surface area contributed by atoms with Crippen LogP contribution in [0.2, 0.25) is 0 Å². The van der Waals surface area contributed by atoms with Crippen LogP contribution in [-0.4, -0.2) is 29.5 Å². The Hall–Kier alpha value is -2.09. The van der Waals surface area contributed by atoms with Gasteiger partial charge in [0.1, 0.15) is 0 Å². The molecule has 0 spiro atoms. The van der Waals surface area contributed by atoms with Crippen LogP contribution in [-0.2, 0) is 9.84 Å². The molecule has 0 amide bonds.